The minimum absolute atomic E-state index is 0.169. The minimum Gasteiger partial charge on any atom is -0.496 e. The molecule has 0 unspecified atom stereocenters. The first-order valence-corrected chi connectivity index (χ1v) is 7.14. The van der Waals surface area contributed by atoms with Crippen LogP contribution in [0, 0.1) is 0 Å². The van der Waals surface area contributed by atoms with Crippen molar-refractivity contribution >= 4 is 16.7 Å². The number of fused-ring (bicyclic) bond motifs is 1. The number of aliphatic carboxylic acids is 1. The summed E-state index contributed by atoms with van der Waals surface area (Å²) in [4.78, 5) is 12.9. The van der Waals surface area contributed by atoms with E-state index in [1.165, 1.54) is 5.56 Å². The Labute approximate surface area is 124 Å². The molecular weight excluding hydrogens is 266 g/mol. The molecular formula is C17H21NO3. The molecule has 112 valence electrons. The van der Waals surface area contributed by atoms with Crippen LogP contribution in [0.5, 0.6) is 5.75 Å². The average molecular weight is 287 g/mol. The maximum Gasteiger partial charge on any atom is 0.304 e. The summed E-state index contributed by atoms with van der Waals surface area (Å²) in [6, 6.07) is 12.2. The molecule has 4 heteroatoms. The van der Waals surface area contributed by atoms with E-state index in [-0.39, 0.29) is 6.42 Å². The van der Waals surface area contributed by atoms with Gasteiger partial charge in [-0.05, 0) is 23.6 Å². The molecule has 0 aromatic heterocycles. The molecule has 0 aliphatic rings. The third-order valence-electron chi connectivity index (χ3n) is 3.68. The second-order valence-corrected chi connectivity index (χ2v) is 4.99. The van der Waals surface area contributed by atoms with Crippen LogP contribution >= 0.6 is 0 Å². The number of ether oxygens (including phenoxy) is 1. The van der Waals surface area contributed by atoms with E-state index in [2.05, 4.69) is 17.0 Å². The molecule has 2 rings (SSSR count). The fourth-order valence-corrected chi connectivity index (χ4v) is 2.49. The Hall–Kier alpha value is -2.07. The van der Waals surface area contributed by atoms with Gasteiger partial charge in [0.1, 0.15) is 5.75 Å². The van der Waals surface area contributed by atoms with Crippen LogP contribution in [0.4, 0.5) is 0 Å². The van der Waals surface area contributed by atoms with Crippen molar-refractivity contribution in [2.75, 3.05) is 20.2 Å². The van der Waals surface area contributed by atoms with Crippen LogP contribution in [0.3, 0.4) is 0 Å². The van der Waals surface area contributed by atoms with Crippen molar-refractivity contribution in [1.29, 1.82) is 0 Å². The fraction of sp³-hybridized carbons (Fsp3) is 0.353. The highest BCUT2D eigenvalue weighted by Gasteiger charge is 2.10. The quantitative estimate of drug-likeness (QED) is 0.850. The molecule has 0 saturated heterocycles. The molecule has 1 N–H and O–H groups in total. The van der Waals surface area contributed by atoms with Gasteiger partial charge in [-0.25, -0.2) is 0 Å². The first kappa shape index (κ1) is 15.3. The second-order valence-electron chi connectivity index (χ2n) is 4.99. The van der Waals surface area contributed by atoms with Crippen LogP contribution in [-0.2, 0) is 11.3 Å². The van der Waals surface area contributed by atoms with E-state index in [9.17, 15) is 4.79 Å². The fourth-order valence-electron chi connectivity index (χ4n) is 2.49. The summed E-state index contributed by atoms with van der Waals surface area (Å²) in [6.45, 7) is 4.18. The van der Waals surface area contributed by atoms with Crippen molar-refractivity contribution in [3.63, 3.8) is 0 Å². The lowest BCUT2D eigenvalue weighted by atomic mass is 10.0. The molecule has 0 bridgehead atoms. The van der Waals surface area contributed by atoms with Crippen LogP contribution in [0.25, 0.3) is 10.8 Å². The van der Waals surface area contributed by atoms with Gasteiger partial charge in [0.05, 0.1) is 13.5 Å². The molecule has 0 aliphatic carbocycles. The Morgan fingerprint density at radius 1 is 1.19 bits per heavy atom. The summed E-state index contributed by atoms with van der Waals surface area (Å²) in [5, 5.41) is 11.1. The zero-order valence-corrected chi connectivity index (χ0v) is 12.5. The van der Waals surface area contributed by atoms with Gasteiger partial charge < -0.3 is 9.84 Å². The van der Waals surface area contributed by atoms with E-state index in [0.29, 0.717) is 6.54 Å². The first-order chi connectivity index (χ1) is 10.2. The van der Waals surface area contributed by atoms with Gasteiger partial charge in [0, 0.05) is 18.5 Å². The number of benzene rings is 2. The van der Waals surface area contributed by atoms with E-state index in [1.54, 1.807) is 7.11 Å². The Balaban J connectivity index is 2.27. The monoisotopic (exact) mass is 287 g/mol. The van der Waals surface area contributed by atoms with Gasteiger partial charge in [-0.2, -0.15) is 0 Å². The van der Waals surface area contributed by atoms with Crippen LogP contribution in [0.1, 0.15) is 18.9 Å². The van der Waals surface area contributed by atoms with Crippen LogP contribution in [-0.4, -0.2) is 36.2 Å². The minimum atomic E-state index is -0.756. The van der Waals surface area contributed by atoms with E-state index in [0.717, 1.165) is 29.6 Å². The molecule has 0 saturated carbocycles. The van der Waals surface area contributed by atoms with Gasteiger partial charge in [-0.1, -0.05) is 37.3 Å². The van der Waals surface area contributed by atoms with Crippen LogP contribution in [0.2, 0.25) is 0 Å². The standard InChI is InChI=1S/C17H21NO3/c1-3-18(11-10-17(19)20)12-13-8-9-16(21-2)15-7-5-4-6-14(13)15/h4-9H,3,10-12H2,1-2H3,(H,19,20). The molecule has 2 aromatic rings. The van der Waals surface area contributed by atoms with Crippen LogP contribution < -0.4 is 4.74 Å². The third kappa shape index (κ3) is 3.73. The topological polar surface area (TPSA) is 49.8 Å². The number of hydrogen-bond acceptors (Lipinski definition) is 3. The lowest BCUT2D eigenvalue weighted by molar-refractivity contribution is -0.137. The molecule has 0 aliphatic heterocycles. The molecule has 0 atom stereocenters. The van der Waals surface area contributed by atoms with Gasteiger partial charge in [0.2, 0.25) is 0 Å². The molecule has 21 heavy (non-hydrogen) atoms. The maximum atomic E-state index is 10.7. The molecule has 0 radical (unpaired) electrons. The second kappa shape index (κ2) is 7.09. The van der Waals surface area contributed by atoms with Crippen molar-refractivity contribution in [3.05, 3.63) is 42.0 Å². The predicted octanol–water partition coefficient (Wildman–Crippen LogP) is 3.15. The van der Waals surface area contributed by atoms with Crippen molar-refractivity contribution in [2.24, 2.45) is 0 Å². The number of hydrogen-bond donors (Lipinski definition) is 1. The van der Waals surface area contributed by atoms with Crippen molar-refractivity contribution in [3.8, 4) is 5.75 Å². The molecule has 0 heterocycles. The largest absolute Gasteiger partial charge is 0.496 e. The van der Waals surface area contributed by atoms with Crippen molar-refractivity contribution in [2.45, 2.75) is 19.9 Å². The highest BCUT2D eigenvalue weighted by molar-refractivity contribution is 5.91. The lowest BCUT2D eigenvalue weighted by Crippen LogP contribution is -2.25. The van der Waals surface area contributed by atoms with E-state index >= 15 is 0 Å². The van der Waals surface area contributed by atoms with E-state index in [4.69, 9.17) is 9.84 Å². The van der Waals surface area contributed by atoms with Gasteiger partial charge >= 0.3 is 5.97 Å². The van der Waals surface area contributed by atoms with Crippen molar-refractivity contribution in [1.82, 2.24) is 4.90 Å². The molecule has 4 nitrogen and oxygen atoms in total. The van der Waals surface area contributed by atoms with Gasteiger partial charge in [0.15, 0.2) is 0 Å². The van der Waals surface area contributed by atoms with E-state index < -0.39 is 5.97 Å². The number of nitrogens with zero attached hydrogens (tertiary/aromatic N) is 1. The summed E-state index contributed by atoms with van der Waals surface area (Å²) in [5.41, 5.74) is 1.19. The first-order valence-electron chi connectivity index (χ1n) is 7.14. The van der Waals surface area contributed by atoms with Gasteiger partial charge in [-0.3, -0.25) is 9.69 Å². The zero-order chi connectivity index (χ0) is 15.2. The Morgan fingerprint density at radius 2 is 1.90 bits per heavy atom. The third-order valence-corrected chi connectivity index (χ3v) is 3.68. The van der Waals surface area contributed by atoms with Crippen LogP contribution in [0.15, 0.2) is 36.4 Å². The Morgan fingerprint density at radius 3 is 2.52 bits per heavy atom. The maximum absolute atomic E-state index is 10.7. The highest BCUT2D eigenvalue weighted by Crippen LogP contribution is 2.29. The predicted molar refractivity (Wildman–Crippen MR) is 83.7 cm³/mol. The number of carboxylic acid groups (broad SMARTS) is 1. The molecule has 2 aromatic carbocycles. The Kier molecular flexibility index (Phi) is 5.17. The zero-order valence-electron chi connectivity index (χ0n) is 12.5. The number of rotatable bonds is 7. The number of carboxylic acids is 1. The van der Waals surface area contributed by atoms with Gasteiger partial charge in [0.25, 0.3) is 0 Å². The Bertz CT molecular complexity index is 624. The normalized spacial score (nSPS) is 11.0. The molecule has 0 amide bonds. The summed E-state index contributed by atoms with van der Waals surface area (Å²) in [5.74, 6) is 0.107. The lowest BCUT2D eigenvalue weighted by Gasteiger charge is -2.21. The molecule has 0 fully saturated rings. The van der Waals surface area contributed by atoms with E-state index in [1.807, 2.05) is 31.2 Å². The SMILES string of the molecule is CCN(CCC(=O)O)Cc1ccc(OC)c2ccccc12. The summed E-state index contributed by atoms with van der Waals surface area (Å²) >= 11 is 0. The summed E-state index contributed by atoms with van der Waals surface area (Å²) in [7, 11) is 1.67. The summed E-state index contributed by atoms with van der Waals surface area (Å²) in [6.07, 6.45) is 0.169. The smallest absolute Gasteiger partial charge is 0.304 e. The highest BCUT2D eigenvalue weighted by atomic mass is 16.5. The van der Waals surface area contributed by atoms with Crippen molar-refractivity contribution < 1.29 is 14.6 Å². The number of methoxy groups -OCH3 is 1. The summed E-state index contributed by atoms with van der Waals surface area (Å²) < 4.78 is 5.40. The number of carbonyl (C=O) groups is 1. The van der Waals surface area contributed by atoms with Gasteiger partial charge in [-0.15, -0.1) is 0 Å². The molecule has 0 spiro atoms. The average Bonchev–Trinajstić information content (AvgIpc) is 2.51.